The van der Waals surface area contributed by atoms with E-state index in [1.54, 1.807) is 12.1 Å². The van der Waals surface area contributed by atoms with E-state index in [0.29, 0.717) is 12.1 Å². The van der Waals surface area contributed by atoms with Gasteiger partial charge >= 0.3 is 6.61 Å². The number of aryl methyl sites for hydroxylation is 1. The second-order valence-corrected chi connectivity index (χ2v) is 7.72. The predicted octanol–water partition coefficient (Wildman–Crippen LogP) is 5.08. The molecule has 0 fully saturated rings. The molecule has 2 aliphatic heterocycles. The fourth-order valence-electron chi connectivity index (χ4n) is 4.39. The lowest BCUT2D eigenvalue weighted by molar-refractivity contribution is -0.534. The van der Waals surface area contributed by atoms with Gasteiger partial charge in [-0.3, -0.25) is 4.58 Å². The van der Waals surface area contributed by atoms with Crippen molar-refractivity contribution in [2.45, 2.75) is 51.4 Å². The Balaban J connectivity index is 0.00000256. The van der Waals surface area contributed by atoms with Crippen LogP contribution in [-0.2, 0) is 12.1 Å². The molecule has 7 heteroatoms. The number of ether oxygens (including phenoxy) is 1. The maximum absolute atomic E-state index is 12.5. The van der Waals surface area contributed by atoms with Gasteiger partial charge < -0.3 is 9.84 Å². The maximum atomic E-state index is 12.5. The number of halogens is 3. The Kier molecular flexibility index (Phi) is 7.14. The van der Waals surface area contributed by atoms with E-state index in [2.05, 4.69) is 40.5 Å². The summed E-state index contributed by atoms with van der Waals surface area (Å²) in [6.45, 7) is 0.615. The van der Waals surface area contributed by atoms with E-state index < -0.39 is 12.3 Å². The summed E-state index contributed by atoms with van der Waals surface area (Å²) in [7, 11) is 0. The summed E-state index contributed by atoms with van der Waals surface area (Å²) in [5.41, 5.74) is 1.59. The Hall–Kier alpha value is -1.99. The lowest BCUT2D eigenvalue weighted by Crippen LogP contribution is -2.47. The van der Waals surface area contributed by atoms with E-state index in [9.17, 15) is 13.9 Å². The molecule has 162 valence electrons. The van der Waals surface area contributed by atoms with Gasteiger partial charge in [0, 0.05) is 12.0 Å². The molecule has 0 amide bonds. The molecule has 2 aromatic carbocycles. The number of aliphatic hydroxyl groups is 1. The Morgan fingerprint density at radius 3 is 2.40 bits per heavy atom. The van der Waals surface area contributed by atoms with Crippen molar-refractivity contribution >= 4 is 28.5 Å². The molecule has 4 nitrogen and oxygen atoms in total. The van der Waals surface area contributed by atoms with E-state index in [1.165, 1.54) is 24.1 Å². The molecule has 0 saturated heterocycles. The standard InChI is InChI=1S/C23H27F2N2O2.BrH/c1-2-17-7-11-19(12-8-17)27-21-6-4-3-5-15-26(21)16-23(27,28)18-9-13-20(14-10-18)29-22(24)25;/h7-14,22,28H,2-6,15-16H2,1H3;1H/q+1;. The average molecular weight is 482 g/mol. The molecule has 2 aromatic rings. The van der Waals surface area contributed by atoms with Gasteiger partial charge in [-0.2, -0.15) is 13.7 Å². The topological polar surface area (TPSA) is 35.7 Å². The zero-order chi connectivity index (χ0) is 20.4. The second kappa shape index (κ2) is 9.43. The van der Waals surface area contributed by atoms with Gasteiger partial charge in [-0.1, -0.05) is 19.1 Å². The van der Waals surface area contributed by atoms with Gasteiger partial charge in [0.2, 0.25) is 0 Å². The van der Waals surface area contributed by atoms with E-state index in [1.807, 2.05) is 4.90 Å². The molecular weight excluding hydrogens is 454 g/mol. The van der Waals surface area contributed by atoms with Crippen molar-refractivity contribution in [3.05, 3.63) is 59.7 Å². The Labute approximate surface area is 186 Å². The molecule has 0 aromatic heterocycles. The van der Waals surface area contributed by atoms with E-state index in [4.69, 9.17) is 0 Å². The Morgan fingerprint density at radius 2 is 1.77 bits per heavy atom. The maximum Gasteiger partial charge on any atom is 0.387 e. The first-order valence-corrected chi connectivity index (χ1v) is 10.3. The van der Waals surface area contributed by atoms with Crippen LogP contribution in [0.15, 0.2) is 48.5 Å². The number of amidine groups is 1. The second-order valence-electron chi connectivity index (χ2n) is 7.72. The number of alkyl halides is 2. The zero-order valence-electron chi connectivity index (χ0n) is 17.1. The minimum Gasteiger partial charge on any atom is -0.435 e. The van der Waals surface area contributed by atoms with Crippen molar-refractivity contribution in [1.29, 1.82) is 0 Å². The molecule has 0 radical (unpaired) electrons. The molecule has 2 heterocycles. The fourth-order valence-corrected chi connectivity index (χ4v) is 4.39. The van der Waals surface area contributed by atoms with Crippen molar-refractivity contribution < 1.29 is 23.2 Å². The first-order chi connectivity index (χ1) is 14.0. The monoisotopic (exact) mass is 481 g/mol. The Bertz CT molecular complexity index is 887. The number of nitrogens with zero attached hydrogens (tertiary/aromatic N) is 2. The van der Waals surface area contributed by atoms with E-state index in [-0.39, 0.29) is 22.7 Å². The normalized spacial score (nSPS) is 21.3. The van der Waals surface area contributed by atoms with Crippen LogP contribution in [0.25, 0.3) is 0 Å². The lowest BCUT2D eigenvalue weighted by Gasteiger charge is -2.29. The number of anilines is 1. The first-order valence-electron chi connectivity index (χ1n) is 10.3. The summed E-state index contributed by atoms with van der Waals surface area (Å²) < 4.78 is 31.7. The third-order valence-electron chi connectivity index (χ3n) is 5.88. The van der Waals surface area contributed by atoms with Crippen LogP contribution in [0.4, 0.5) is 14.5 Å². The molecule has 1 atom stereocenters. The minimum absolute atomic E-state index is 0. The summed E-state index contributed by atoms with van der Waals surface area (Å²) in [4.78, 5) is 2.03. The fraction of sp³-hybridized carbons (Fsp3) is 0.435. The summed E-state index contributed by atoms with van der Waals surface area (Å²) >= 11 is 0. The number of hydrogen-bond acceptors (Lipinski definition) is 3. The van der Waals surface area contributed by atoms with Crippen LogP contribution in [0.3, 0.4) is 0 Å². The van der Waals surface area contributed by atoms with Crippen molar-refractivity contribution in [3.8, 4) is 5.75 Å². The van der Waals surface area contributed by atoms with Crippen LogP contribution in [0.5, 0.6) is 5.75 Å². The van der Waals surface area contributed by atoms with Gasteiger partial charge in [-0.05, 0) is 67.6 Å². The van der Waals surface area contributed by atoms with Gasteiger partial charge in [0.1, 0.15) is 11.4 Å². The molecule has 0 spiro atoms. The summed E-state index contributed by atoms with van der Waals surface area (Å²) in [6, 6.07) is 14.6. The number of rotatable bonds is 5. The zero-order valence-corrected chi connectivity index (χ0v) is 18.8. The van der Waals surface area contributed by atoms with Crippen LogP contribution in [-0.4, -0.2) is 35.2 Å². The van der Waals surface area contributed by atoms with Gasteiger partial charge in [0.05, 0.1) is 6.54 Å². The summed E-state index contributed by atoms with van der Waals surface area (Å²) in [6.07, 6.45) is 5.24. The molecule has 30 heavy (non-hydrogen) atoms. The van der Waals surface area contributed by atoms with Crippen LogP contribution < -0.4 is 9.64 Å². The van der Waals surface area contributed by atoms with Crippen LogP contribution in [0.2, 0.25) is 0 Å². The SMILES string of the molecule is Br.CCc1ccc(N2C3=[N+](CCCCC3)CC2(O)c2ccc(OC(F)F)cc2)cc1. The highest BCUT2D eigenvalue weighted by atomic mass is 79.9. The molecular formula is C23H28BrF2N2O2+. The van der Waals surface area contributed by atoms with Crippen molar-refractivity contribution in [3.63, 3.8) is 0 Å². The third kappa shape index (κ3) is 4.37. The van der Waals surface area contributed by atoms with Crippen molar-refractivity contribution in [1.82, 2.24) is 0 Å². The van der Waals surface area contributed by atoms with Crippen molar-refractivity contribution in [2.24, 2.45) is 0 Å². The summed E-state index contributed by atoms with van der Waals surface area (Å²) in [5, 5.41) is 11.9. The average Bonchev–Trinajstić information content (AvgIpc) is 2.84. The first kappa shape index (κ1) is 22.7. The van der Waals surface area contributed by atoms with Crippen LogP contribution >= 0.6 is 17.0 Å². The molecule has 0 saturated carbocycles. The highest BCUT2D eigenvalue weighted by Crippen LogP contribution is 2.38. The molecule has 1 N–H and O–H groups in total. The van der Waals surface area contributed by atoms with Crippen molar-refractivity contribution in [2.75, 3.05) is 18.0 Å². The van der Waals surface area contributed by atoms with Crippen LogP contribution in [0.1, 0.15) is 43.7 Å². The number of benzene rings is 2. The third-order valence-corrected chi connectivity index (χ3v) is 5.88. The Morgan fingerprint density at radius 1 is 1.07 bits per heavy atom. The van der Waals surface area contributed by atoms with E-state index in [0.717, 1.165) is 43.8 Å². The largest absolute Gasteiger partial charge is 0.435 e. The molecule has 4 rings (SSSR count). The quantitative estimate of drug-likeness (QED) is 0.604. The smallest absolute Gasteiger partial charge is 0.387 e. The predicted molar refractivity (Wildman–Crippen MR) is 119 cm³/mol. The molecule has 0 aliphatic carbocycles. The van der Waals surface area contributed by atoms with Gasteiger partial charge in [0.25, 0.3) is 11.6 Å². The van der Waals surface area contributed by atoms with E-state index >= 15 is 0 Å². The van der Waals surface area contributed by atoms with Gasteiger partial charge in [-0.15, -0.1) is 17.0 Å². The van der Waals surface area contributed by atoms with Gasteiger partial charge in [0.15, 0.2) is 6.54 Å². The highest BCUT2D eigenvalue weighted by Gasteiger charge is 2.54. The van der Waals surface area contributed by atoms with Crippen LogP contribution in [0, 0.1) is 0 Å². The minimum atomic E-state index is -2.86. The highest BCUT2D eigenvalue weighted by molar-refractivity contribution is 8.93. The summed E-state index contributed by atoms with van der Waals surface area (Å²) in [5.74, 6) is 1.22. The number of hydrogen-bond donors (Lipinski definition) is 1. The lowest BCUT2D eigenvalue weighted by atomic mass is 9.99. The van der Waals surface area contributed by atoms with Gasteiger partial charge in [-0.25, -0.2) is 0 Å². The molecule has 2 aliphatic rings. The molecule has 1 unspecified atom stereocenters. The molecule has 0 bridgehead atoms.